The van der Waals surface area contributed by atoms with Gasteiger partial charge in [0.05, 0.1) is 24.1 Å². The maximum Gasteiger partial charge on any atom is 0.416 e. The number of methoxy groups -OCH3 is 1. The van der Waals surface area contributed by atoms with Gasteiger partial charge in [-0.15, -0.1) is 10.2 Å². The fourth-order valence-corrected chi connectivity index (χ4v) is 4.36. The van der Waals surface area contributed by atoms with E-state index in [1.807, 2.05) is 0 Å². The molecule has 0 aliphatic rings. The number of nitro benzene ring substituents is 1. The second-order valence-electron chi connectivity index (χ2n) is 7.90. The van der Waals surface area contributed by atoms with Crippen LogP contribution in [-0.2, 0) is 18.5 Å². The lowest BCUT2D eigenvalue weighted by molar-refractivity contribution is -0.384. The van der Waals surface area contributed by atoms with E-state index in [2.05, 4.69) is 15.5 Å². The van der Waals surface area contributed by atoms with E-state index in [1.54, 1.807) is 41.0 Å². The number of halogens is 3. The molecule has 0 fully saturated rings. The Morgan fingerprint density at radius 1 is 1.03 bits per heavy atom. The molecule has 0 unspecified atom stereocenters. The summed E-state index contributed by atoms with van der Waals surface area (Å²) < 4.78 is 45.9. The molecule has 9 nitrogen and oxygen atoms in total. The molecule has 0 aliphatic carbocycles. The Kier molecular flexibility index (Phi) is 7.96. The molecule has 0 atom stereocenters. The molecule has 38 heavy (non-hydrogen) atoms. The van der Waals surface area contributed by atoms with Crippen LogP contribution in [-0.4, -0.2) is 32.7 Å². The summed E-state index contributed by atoms with van der Waals surface area (Å²) in [7, 11) is 1.51. The van der Waals surface area contributed by atoms with Crippen molar-refractivity contribution in [2.45, 2.75) is 23.6 Å². The number of nitro groups is 1. The Labute approximate surface area is 218 Å². The van der Waals surface area contributed by atoms with Crippen LogP contribution in [0.4, 0.5) is 18.9 Å². The summed E-state index contributed by atoms with van der Waals surface area (Å²) in [6.45, 7) is -0.0447. The average molecular weight is 544 g/mol. The number of aromatic nitrogens is 3. The Morgan fingerprint density at radius 3 is 2.26 bits per heavy atom. The number of thioether (sulfide) groups is 1. The molecule has 1 amide bonds. The van der Waals surface area contributed by atoms with Gasteiger partial charge in [0.1, 0.15) is 5.75 Å². The van der Waals surface area contributed by atoms with Crippen LogP contribution in [0.5, 0.6) is 5.75 Å². The molecule has 1 heterocycles. The first-order valence-electron chi connectivity index (χ1n) is 11.1. The van der Waals surface area contributed by atoms with Crippen LogP contribution in [0, 0.1) is 10.1 Å². The highest BCUT2D eigenvalue weighted by atomic mass is 32.2. The first-order valence-corrected chi connectivity index (χ1v) is 12.0. The Morgan fingerprint density at radius 2 is 1.68 bits per heavy atom. The van der Waals surface area contributed by atoms with Gasteiger partial charge in [-0.3, -0.25) is 19.5 Å². The van der Waals surface area contributed by atoms with Crippen LogP contribution in [0.25, 0.3) is 5.69 Å². The number of ether oxygens (including phenoxy) is 1. The second-order valence-corrected chi connectivity index (χ2v) is 8.84. The molecule has 13 heteroatoms. The number of carbonyl (C=O) groups excluding carboxylic acids is 1. The van der Waals surface area contributed by atoms with Crippen molar-refractivity contribution in [2.24, 2.45) is 0 Å². The fourth-order valence-electron chi connectivity index (χ4n) is 3.43. The van der Waals surface area contributed by atoms with Crippen LogP contribution in [0.2, 0.25) is 0 Å². The zero-order valence-corrected chi connectivity index (χ0v) is 20.6. The van der Waals surface area contributed by atoms with Crippen molar-refractivity contribution < 1.29 is 27.6 Å². The molecule has 0 radical (unpaired) electrons. The Bertz CT molecular complexity index is 1420. The highest BCUT2D eigenvalue weighted by molar-refractivity contribution is 7.98. The monoisotopic (exact) mass is 543 g/mol. The number of hydrogen-bond donors (Lipinski definition) is 1. The molecule has 3 aromatic carbocycles. The number of benzene rings is 3. The van der Waals surface area contributed by atoms with E-state index in [-0.39, 0.29) is 18.1 Å². The third-order valence-electron chi connectivity index (χ3n) is 5.43. The molecular weight excluding hydrogens is 523 g/mol. The summed E-state index contributed by atoms with van der Waals surface area (Å²) >= 11 is 1.25. The van der Waals surface area contributed by atoms with Gasteiger partial charge in [-0.05, 0) is 54.1 Å². The lowest BCUT2D eigenvalue weighted by Gasteiger charge is -2.13. The van der Waals surface area contributed by atoms with Crippen LogP contribution < -0.4 is 10.1 Å². The number of non-ortho nitro benzene ring substituents is 1. The highest BCUT2D eigenvalue weighted by Gasteiger charge is 2.30. The van der Waals surface area contributed by atoms with Crippen molar-refractivity contribution in [3.63, 3.8) is 0 Å². The third kappa shape index (κ3) is 6.29. The molecule has 4 rings (SSSR count). The minimum Gasteiger partial charge on any atom is -0.497 e. The van der Waals surface area contributed by atoms with Gasteiger partial charge in [-0.1, -0.05) is 23.9 Å². The zero-order chi connectivity index (χ0) is 27.3. The number of amides is 1. The summed E-state index contributed by atoms with van der Waals surface area (Å²) in [5.41, 5.74) is 0.698. The molecule has 196 valence electrons. The van der Waals surface area contributed by atoms with Crippen molar-refractivity contribution in [2.75, 3.05) is 7.11 Å². The largest absolute Gasteiger partial charge is 0.497 e. The maximum atomic E-state index is 13.1. The number of rotatable bonds is 9. The Balaban J connectivity index is 1.57. The van der Waals surface area contributed by atoms with Crippen molar-refractivity contribution in [1.29, 1.82) is 0 Å². The van der Waals surface area contributed by atoms with Gasteiger partial charge in [-0.2, -0.15) is 13.2 Å². The van der Waals surface area contributed by atoms with Gasteiger partial charge in [-0.25, -0.2) is 0 Å². The Hall–Kier alpha value is -4.39. The van der Waals surface area contributed by atoms with E-state index in [0.29, 0.717) is 33.7 Å². The predicted molar refractivity (Wildman–Crippen MR) is 133 cm³/mol. The fraction of sp³-hybridized carbons (Fsp3) is 0.160. The summed E-state index contributed by atoms with van der Waals surface area (Å²) in [5, 5.41) is 22.3. The first-order chi connectivity index (χ1) is 18.2. The average Bonchev–Trinajstić information content (AvgIpc) is 3.33. The van der Waals surface area contributed by atoms with Gasteiger partial charge >= 0.3 is 6.18 Å². The summed E-state index contributed by atoms with van der Waals surface area (Å²) in [6.07, 6.45) is -4.49. The van der Waals surface area contributed by atoms with Crippen LogP contribution in [0.15, 0.2) is 78.0 Å². The lowest BCUT2D eigenvalue weighted by atomic mass is 10.2. The SMILES string of the molecule is COc1ccc(C(=O)NCc2nnc(SCc3ccc([N+](=O)[O-])cc3)n2-c2ccc(C(F)(F)F)cc2)cc1. The van der Waals surface area contributed by atoms with Crippen molar-refractivity contribution >= 4 is 23.4 Å². The van der Waals surface area contributed by atoms with E-state index in [9.17, 15) is 28.1 Å². The van der Waals surface area contributed by atoms with Crippen LogP contribution in [0.1, 0.15) is 27.3 Å². The molecule has 1 N–H and O–H groups in total. The number of nitrogens with zero attached hydrogens (tertiary/aromatic N) is 4. The molecule has 4 aromatic rings. The molecule has 0 aliphatic heterocycles. The highest BCUT2D eigenvalue weighted by Crippen LogP contribution is 2.31. The van der Waals surface area contributed by atoms with Crippen LogP contribution >= 0.6 is 11.8 Å². The summed E-state index contributed by atoms with van der Waals surface area (Å²) in [4.78, 5) is 23.0. The van der Waals surface area contributed by atoms with Gasteiger partial charge in [0, 0.05) is 29.1 Å². The van der Waals surface area contributed by atoms with E-state index < -0.39 is 16.7 Å². The maximum absolute atomic E-state index is 13.1. The van der Waals surface area contributed by atoms with E-state index in [1.165, 1.54) is 43.1 Å². The number of nitrogens with one attached hydrogen (secondary N) is 1. The minimum absolute atomic E-state index is 0.0402. The molecule has 0 bridgehead atoms. The normalized spacial score (nSPS) is 11.3. The van der Waals surface area contributed by atoms with Crippen LogP contribution in [0.3, 0.4) is 0 Å². The molecule has 1 aromatic heterocycles. The third-order valence-corrected chi connectivity index (χ3v) is 6.43. The van der Waals surface area contributed by atoms with Gasteiger partial charge in [0.2, 0.25) is 0 Å². The van der Waals surface area contributed by atoms with E-state index in [4.69, 9.17) is 4.74 Å². The van der Waals surface area contributed by atoms with E-state index in [0.717, 1.165) is 17.7 Å². The van der Waals surface area contributed by atoms with Gasteiger partial charge in [0.25, 0.3) is 11.6 Å². The van der Waals surface area contributed by atoms with Gasteiger partial charge in [0.15, 0.2) is 11.0 Å². The molecule has 0 saturated carbocycles. The smallest absolute Gasteiger partial charge is 0.416 e. The second kappa shape index (κ2) is 11.3. The molecular formula is C25H20F3N5O4S. The topological polar surface area (TPSA) is 112 Å². The molecule has 0 saturated heterocycles. The summed E-state index contributed by atoms with van der Waals surface area (Å²) in [5.74, 6) is 0.889. The first kappa shape index (κ1) is 26.7. The van der Waals surface area contributed by atoms with Gasteiger partial charge < -0.3 is 10.1 Å². The predicted octanol–water partition coefficient (Wildman–Crippen LogP) is 5.43. The number of alkyl halides is 3. The number of hydrogen-bond acceptors (Lipinski definition) is 7. The van der Waals surface area contributed by atoms with Crippen molar-refractivity contribution in [1.82, 2.24) is 20.1 Å². The minimum atomic E-state index is -4.49. The van der Waals surface area contributed by atoms with Crippen molar-refractivity contribution in [3.8, 4) is 11.4 Å². The quantitative estimate of drug-likeness (QED) is 0.170. The molecule has 0 spiro atoms. The van der Waals surface area contributed by atoms with Crippen molar-refractivity contribution in [3.05, 3.63) is 105 Å². The van der Waals surface area contributed by atoms with E-state index >= 15 is 0 Å². The standard InChI is InChI=1S/C25H20F3N5O4S/c1-37-21-12-4-17(5-13-21)23(34)29-14-22-30-31-24(38-15-16-2-8-20(9-3-16)33(35)36)32(22)19-10-6-18(7-11-19)25(26,27)28/h2-13H,14-15H2,1H3,(H,29,34). The zero-order valence-electron chi connectivity index (χ0n) is 19.8. The lowest BCUT2D eigenvalue weighted by Crippen LogP contribution is -2.24. The summed E-state index contributed by atoms with van der Waals surface area (Å²) in [6, 6.07) is 17.0. The number of carbonyl (C=O) groups is 1.